The van der Waals surface area contributed by atoms with Gasteiger partial charge in [0.1, 0.15) is 19.3 Å². The Morgan fingerprint density at radius 1 is 1.03 bits per heavy atom. The van der Waals surface area contributed by atoms with Gasteiger partial charge in [0.05, 0.1) is 11.9 Å². The van der Waals surface area contributed by atoms with Crippen molar-refractivity contribution >= 4 is 27.5 Å². The van der Waals surface area contributed by atoms with E-state index in [-0.39, 0.29) is 37.7 Å². The molecule has 0 aliphatic carbocycles. The van der Waals surface area contributed by atoms with Crippen LogP contribution >= 0.6 is 0 Å². The number of hydrogen-bond acceptors (Lipinski definition) is 6. The van der Waals surface area contributed by atoms with E-state index in [9.17, 15) is 18.0 Å². The van der Waals surface area contributed by atoms with Crippen LogP contribution in [0.25, 0.3) is 0 Å². The van der Waals surface area contributed by atoms with Gasteiger partial charge in [0, 0.05) is 31.1 Å². The summed E-state index contributed by atoms with van der Waals surface area (Å²) in [5.41, 5.74) is 2.01. The Hall–Kier alpha value is -3.27. The predicted octanol–water partition coefficient (Wildman–Crippen LogP) is 3.64. The number of benzene rings is 2. The maximum Gasteiger partial charge on any atom is 0.242 e. The van der Waals surface area contributed by atoms with Crippen LogP contribution in [0, 0.1) is 6.92 Å². The zero-order valence-electron chi connectivity index (χ0n) is 23.1. The molecule has 1 N–H and O–H groups in total. The van der Waals surface area contributed by atoms with Gasteiger partial charge in [0.2, 0.25) is 21.8 Å². The summed E-state index contributed by atoms with van der Waals surface area (Å²) in [6.45, 7) is 10.6. The first-order valence-electron chi connectivity index (χ1n) is 12.8. The molecule has 10 heteroatoms. The maximum absolute atomic E-state index is 13.4. The highest BCUT2D eigenvalue weighted by molar-refractivity contribution is 7.92. The molecule has 0 saturated carbocycles. The zero-order valence-corrected chi connectivity index (χ0v) is 23.9. The molecular formula is C28H39N3O6S. The van der Waals surface area contributed by atoms with Crippen molar-refractivity contribution in [2.75, 3.05) is 30.3 Å². The van der Waals surface area contributed by atoms with E-state index in [2.05, 4.69) is 5.32 Å². The molecule has 1 aliphatic heterocycles. The molecule has 1 heterocycles. The highest BCUT2D eigenvalue weighted by Gasteiger charge is 2.29. The summed E-state index contributed by atoms with van der Waals surface area (Å²) in [6, 6.07) is 12.1. The summed E-state index contributed by atoms with van der Waals surface area (Å²) < 4.78 is 37.6. The first-order valence-corrected chi connectivity index (χ1v) is 14.6. The fourth-order valence-electron chi connectivity index (χ4n) is 4.14. The lowest BCUT2D eigenvalue weighted by atomic mass is 10.1. The molecule has 0 unspecified atom stereocenters. The smallest absolute Gasteiger partial charge is 0.242 e. The summed E-state index contributed by atoms with van der Waals surface area (Å²) in [5, 5.41) is 2.95. The van der Waals surface area contributed by atoms with Gasteiger partial charge in [0.15, 0.2) is 11.5 Å². The minimum Gasteiger partial charge on any atom is -0.486 e. The van der Waals surface area contributed by atoms with E-state index in [4.69, 9.17) is 9.47 Å². The van der Waals surface area contributed by atoms with Gasteiger partial charge in [-0.1, -0.05) is 29.8 Å². The highest BCUT2D eigenvalue weighted by atomic mass is 32.2. The van der Waals surface area contributed by atoms with Gasteiger partial charge in [0.25, 0.3) is 0 Å². The quantitative estimate of drug-likeness (QED) is 0.489. The van der Waals surface area contributed by atoms with Crippen LogP contribution in [0.5, 0.6) is 11.5 Å². The number of nitrogens with one attached hydrogen (secondary N) is 1. The van der Waals surface area contributed by atoms with Crippen molar-refractivity contribution in [3.8, 4) is 11.5 Å². The van der Waals surface area contributed by atoms with Gasteiger partial charge in [-0.3, -0.25) is 13.9 Å². The van der Waals surface area contributed by atoms with Gasteiger partial charge in [-0.25, -0.2) is 8.42 Å². The van der Waals surface area contributed by atoms with Gasteiger partial charge < -0.3 is 19.7 Å². The lowest BCUT2D eigenvalue weighted by molar-refractivity contribution is -0.141. The average Bonchev–Trinajstić information content (AvgIpc) is 2.83. The Kier molecular flexibility index (Phi) is 9.30. The van der Waals surface area contributed by atoms with Crippen molar-refractivity contribution in [1.82, 2.24) is 10.2 Å². The molecule has 2 aromatic rings. The molecule has 0 radical (unpaired) electrons. The van der Waals surface area contributed by atoms with Crippen molar-refractivity contribution in [2.45, 2.75) is 65.6 Å². The van der Waals surface area contributed by atoms with Crippen LogP contribution < -0.4 is 19.1 Å². The first-order chi connectivity index (χ1) is 17.7. The third-order valence-electron chi connectivity index (χ3n) is 6.10. The molecule has 9 nitrogen and oxygen atoms in total. The molecule has 2 aromatic carbocycles. The lowest BCUT2D eigenvalue weighted by Crippen LogP contribution is -2.52. The van der Waals surface area contributed by atoms with Crippen molar-refractivity contribution in [2.24, 2.45) is 0 Å². The molecule has 38 heavy (non-hydrogen) atoms. The Morgan fingerprint density at radius 3 is 2.26 bits per heavy atom. The zero-order chi connectivity index (χ0) is 28.1. The van der Waals surface area contributed by atoms with Crippen LogP contribution in [0.4, 0.5) is 5.69 Å². The summed E-state index contributed by atoms with van der Waals surface area (Å²) in [4.78, 5) is 27.9. The molecule has 0 bridgehead atoms. The Morgan fingerprint density at radius 2 is 1.66 bits per heavy atom. The number of carbonyl (C=O) groups excluding carboxylic acids is 2. The summed E-state index contributed by atoms with van der Waals surface area (Å²) in [5.74, 6) is 0.587. The fraction of sp³-hybridized carbons (Fsp3) is 0.500. The maximum atomic E-state index is 13.4. The van der Waals surface area contributed by atoms with Crippen molar-refractivity contribution < 1.29 is 27.5 Å². The molecule has 3 rings (SSSR count). The minimum atomic E-state index is -3.62. The lowest BCUT2D eigenvalue weighted by Gasteiger charge is -2.32. The number of rotatable bonds is 10. The monoisotopic (exact) mass is 545 g/mol. The first kappa shape index (κ1) is 29.3. The number of nitrogens with zero attached hydrogens (tertiary/aromatic N) is 2. The molecule has 1 aliphatic rings. The van der Waals surface area contributed by atoms with E-state index in [1.807, 2.05) is 52.0 Å². The standard InChI is InChI=1S/C28H39N3O6S/c1-20-9-11-22(12-10-20)19-30(21(2)27(33)29-28(3,4)5)26(32)8-7-15-31(38(6,34)35)23-13-14-24-25(18-23)37-17-16-36-24/h9-14,18,21H,7-8,15-17,19H2,1-6H3,(H,29,33)/t21-/m0/s1. The molecule has 1 atom stereocenters. The van der Waals surface area contributed by atoms with Gasteiger partial charge in [-0.05, 0) is 58.7 Å². The van der Waals surface area contributed by atoms with Crippen LogP contribution in [-0.4, -0.2) is 62.7 Å². The van der Waals surface area contributed by atoms with E-state index < -0.39 is 21.6 Å². The van der Waals surface area contributed by atoms with E-state index in [0.29, 0.717) is 30.4 Å². The Bertz CT molecular complexity index is 1240. The van der Waals surface area contributed by atoms with Crippen LogP contribution in [0.3, 0.4) is 0 Å². The van der Waals surface area contributed by atoms with E-state index in [0.717, 1.165) is 17.4 Å². The van der Waals surface area contributed by atoms with Crippen molar-refractivity contribution in [3.05, 3.63) is 53.6 Å². The van der Waals surface area contributed by atoms with Gasteiger partial charge in [-0.15, -0.1) is 0 Å². The number of carbonyl (C=O) groups is 2. The number of sulfonamides is 1. The number of aryl methyl sites for hydroxylation is 1. The van der Waals surface area contributed by atoms with Crippen LogP contribution in [-0.2, 0) is 26.2 Å². The number of hydrogen-bond donors (Lipinski definition) is 1. The second kappa shape index (κ2) is 12.1. The Labute approximate surface area is 226 Å². The topological polar surface area (TPSA) is 105 Å². The van der Waals surface area contributed by atoms with Gasteiger partial charge in [-0.2, -0.15) is 0 Å². The normalized spacial score (nSPS) is 13.9. The molecule has 0 fully saturated rings. The minimum absolute atomic E-state index is 0.0789. The fourth-order valence-corrected chi connectivity index (χ4v) is 5.10. The third-order valence-corrected chi connectivity index (χ3v) is 7.30. The number of ether oxygens (including phenoxy) is 2. The summed E-state index contributed by atoms with van der Waals surface area (Å²) in [7, 11) is -3.62. The third kappa shape index (κ3) is 8.11. The second-order valence-corrected chi connectivity index (χ2v) is 12.6. The van der Waals surface area contributed by atoms with E-state index >= 15 is 0 Å². The summed E-state index contributed by atoms with van der Waals surface area (Å²) in [6.07, 6.45) is 1.49. The molecule has 208 valence electrons. The van der Waals surface area contributed by atoms with Crippen LogP contribution in [0.2, 0.25) is 0 Å². The summed E-state index contributed by atoms with van der Waals surface area (Å²) >= 11 is 0. The number of fused-ring (bicyclic) bond motifs is 1. The molecular weight excluding hydrogens is 506 g/mol. The molecule has 2 amide bonds. The van der Waals surface area contributed by atoms with Crippen molar-refractivity contribution in [1.29, 1.82) is 0 Å². The van der Waals surface area contributed by atoms with Crippen LogP contribution in [0.1, 0.15) is 51.7 Å². The van der Waals surface area contributed by atoms with E-state index in [1.165, 1.54) is 4.31 Å². The SMILES string of the molecule is Cc1ccc(CN(C(=O)CCCN(c2ccc3c(c2)OCCO3)S(C)(=O)=O)[C@@H](C)C(=O)NC(C)(C)C)cc1. The predicted molar refractivity (Wildman–Crippen MR) is 148 cm³/mol. The number of amides is 2. The highest BCUT2D eigenvalue weighted by Crippen LogP contribution is 2.34. The second-order valence-electron chi connectivity index (χ2n) is 10.7. The molecule has 0 aromatic heterocycles. The van der Waals surface area contributed by atoms with E-state index in [1.54, 1.807) is 30.0 Å². The number of anilines is 1. The van der Waals surface area contributed by atoms with Crippen LogP contribution in [0.15, 0.2) is 42.5 Å². The molecule has 0 spiro atoms. The largest absolute Gasteiger partial charge is 0.486 e. The van der Waals surface area contributed by atoms with Crippen molar-refractivity contribution in [3.63, 3.8) is 0 Å². The average molecular weight is 546 g/mol. The van der Waals surface area contributed by atoms with Gasteiger partial charge >= 0.3 is 0 Å². The Balaban J connectivity index is 1.74. The molecule has 0 saturated heterocycles.